The molecule has 1 aliphatic heterocycles. The zero-order valence-electron chi connectivity index (χ0n) is 14.5. The second-order valence-electron chi connectivity index (χ2n) is 6.13. The Balaban J connectivity index is 0.00000261. The van der Waals surface area contributed by atoms with E-state index in [4.69, 9.17) is 5.73 Å². The van der Waals surface area contributed by atoms with Crippen LogP contribution in [0.25, 0.3) is 0 Å². The van der Waals surface area contributed by atoms with Crippen LogP contribution in [-0.2, 0) is 10.0 Å². The summed E-state index contributed by atoms with van der Waals surface area (Å²) < 4.78 is 39.8. The molecule has 0 aromatic heterocycles. The van der Waals surface area contributed by atoms with E-state index in [-0.39, 0.29) is 23.3 Å². The van der Waals surface area contributed by atoms with Gasteiger partial charge < -0.3 is 11.1 Å². The minimum atomic E-state index is -3.60. The van der Waals surface area contributed by atoms with Crippen LogP contribution in [0, 0.1) is 5.82 Å². The first-order valence-corrected chi connectivity index (χ1v) is 9.75. The normalized spacial score (nSPS) is 17.3. The van der Waals surface area contributed by atoms with Crippen LogP contribution in [0.5, 0.6) is 0 Å². The number of benzene rings is 2. The molecule has 9 heteroatoms. The molecule has 1 saturated heterocycles. The lowest BCUT2D eigenvalue weighted by Gasteiger charge is -2.22. The molecule has 1 atom stereocenters. The average Bonchev–Trinajstić information content (AvgIpc) is 3.12. The zero-order valence-corrected chi connectivity index (χ0v) is 16.1. The first kappa shape index (κ1) is 21.3. The topological polar surface area (TPSA) is 92.5 Å². The fourth-order valence-electron chi connectivity index (χ4n) is 3.01. The van der Waals surface area contributed by atoms with Crippen LogP contribution in [0.3, 0.4) is 0 Å². The van der Waals surface area contributed by atoms with E-state index in [0.29, 0.717) is 24.3 Å². The summed E-state index contributed by atoms with van der Waals surface area (Å²) in [6, 6.07) is 11.0. The van der Waals surface area contributed by atoms with Crippen molar-refractivity contribution in [2.24, 2.45) is 5.73 Å². The molecule has 1 heterocycles. The molecule has 27 heavy (non-hydrogen) atoms. The summed E-state index contributed by atoms with van der Waals surface area (Å²) in [5, 5.41) is 2.66. The Morgan fingerprint density at radius 2 is 1.78 bits per heavy atom. The van der Waals surface area contributed by atoms with Crippen molar-refractivity contribution >= 4 is 34.0 Å². The number of hydrogen-bond acceptors (Lipinski definition) is 4. The Kier molecular flexibility index (Phi) is 6.94. The second kappa shape index (κ2) is 8.79. The maximum Gasteiger partial charge on any atom is 0.255 e. The first-order chi connectivity index (χ1) is 12.4. The molecule has 3 rings (SSSR count). The highest BCUT2D eigenvalue weighted by Crippen LogP contribution is 2.26. The minimum absolute atomic E-state index is 0. The molecule has 3 N–H and O–H groups in total. The number of nitrogens with one attached hydrogen (secondary N) is 1. The number of halogens is 2. The summed E-state index contributed by atoms with van der Waals surface area (Å²) in [6.07, 6.45) is 1.56. The molecule has 1 fully saturated rings. The van der Waals surface area contributed by atoms with Crippen LogP contribution in [0.1, 0.15) is 23.2 Å². The standard InChI is InChI=1S/C18H20FN3O3S.ClH/c19-14-5-3-13(4-6-14)18(23)21-15-7-9-17(10-8-15)26(24,25)22-11-1-2-16(22)12-20;/h3-10,16H,1-2,11-12,20H2,(H,21,23);1H. The van der Waals surface area contributed by atoms with Crippen molar-refractivity contribution in [3.63, 3.8) is 0 Å². The van der Waals surface area contributed by atoms with Gasteiger partial charge in [0.2, 0.25) is 10.0 Å². The smallest absolute Gasteiger partial charge is 0.255 e. The zero-order chi connectivity index (χ0) is 18.7. The molecule has 0 radical (unpaired) electrons. The van der Waals surface area contributed by atoms with Crippen molar-refractivity contribution in [2.75, 3.05) is 18.4 Å². The fraction of sp³-hybridized carbons (Fsp3) is 0.278. The largest absolute Gasteiger partial charge is 0.329 e. The van der Waals surface area contributed by atoms with E-state index in [2.05, 4.69) is 5.32 Å². The molecular weight excluding hydrogens is 393 g/mol. The van der Waals surface area contributed by atoms with Gasteiger partial charge in [0.1, 0.15) is 5.82 Å². The van der Waals surface area contributed by atoms with Crippen LogP contribution in [0.15, 0.2) is 53.4 Å². The number of nitrogens with two attached hydrogens (primary N) is 1. The average molecular weight is 414 g/mol. The van der Waals surface area contributed by atoms with Gasteiger partial charge in [0.15, 0.2) is 0 Å². The first-order valence-electron chi connectivity index (χ1n) is 8.31. The van der Waals surface area contributed by atoms with Crippen molar-refractivity contribution in [1.29, 1.82) is 0 Å². The Labute approximate surface area is 164 Å². The number of carbonyl (C=O) groups excluding carboxylic acids is 1. The lowest BCUT2D eigenvalue weighted by Crippen LogP contribution is -2.39. The summed E-state index contributed by atoms with van der Waals surface area (Å²) >= 11 is 0. The second-order valence-corrected chi connectivity index (χ2v) is 8.02. The highest BCUT2D eigenvalue weighted by atomic mass is 35.5. The summed E-state index contributed by atoms with van der Waals surface area (Å²) in [5.74, 6) is -0.822. The van der Waals surface area contributed by atoms with Crippen molar-refractivity contribution in [1.82, 2.24) is 4.31 Å². The van der Waals surface area contributed by atoms with Gasteiger partial charge in [-0.1, -0.05) is 0 Å². The van der Waals surface area contributed by atoms with E-state index < -0.39 is 21.7 Å². The van der Waals surface area contributed by atoms with E-state index >= 15 is 0 Å². The third-order valence-electron chi connectivity index (χ3n) is 4.42. The molecule has 146 valence electrons. The molecule has 1 amide bonds. The number of sulfonamides is 1. The van der Waals surface area contributed by atoms with Crippen molar-refractivity contribution in [3.05, 3.63) is 59.9 Å². The van der Waals surface area contributed by atoms with Gasteiger partial charge in [-0.25, -0.2) is 12.8 Å². The highest BCUT2D eigenvalue weighted by Gasteiger charge is 2.34. The van der Waals surface area contributed by atoms with Gasteiger partial charge in [-0.15, -0.1) is 12.4 Å². The van der Waals surface area contributed by atoms with Gasteiger partial charge in [0.05, 0.1) is 4.90 Å². The minimum Gasteiger partial charge on any atom is -0.329 e. The molecule has 2 aromatic rings. The Morgan fingerprint density at radius 3 is 2.37 bits per heavy atom. The summed E-state index contributed by atoms with van der Waals surface area (Å²) in [5.41, 5.74) is 6.43. The van der Waals surface area contributed by atoms with E-state index in [1.807, 2.05) is 0 Å². The lowest BCUT2D eigenvalue weighted by atomic mass is 10.2. The number of amides is 1. The summed E-state index contributed by atoms with van der Waals surface area (Å²) in [6.45, 7) is 0.762. The third-order valence-corrected chi connectivity index (χ3v) is 6.39. The molecule has 1 aliphatic rings. The van der Waals surface area contributed by atoms with Crippen LogP contribution >= 0.6 is 12.4 Å². The number of carbonyl (C=O) groups is 1. The van der Waals surface area contributed by atoms with Crippen molar-refractivity contribution < 1.29 is 17.6 Å². The van der Waals surface area contributed by atoms with Gasteiger partial charge in [-0.3, -0.25) is 4.79 Å². The van der Waals surface area contributed by atoms with Gasteiger partial charge in [0.25, 0.3) is 5.91 Å². The van der Waals surface area contributed by atoms with E-state index in [0.717, 1.165) is 12.8 Å². The Bertz CT molecular complexity index is 889. The quantitative estimate of drug-likeness (QED) is 0.788. The fourth-order valence-corrected chi connectivity index (χ4v) is 4.72. The molecular formula is C18H21ClFN3O3S. The van der Waals surface area contributed by atoms with Crippen LogP contribution in [0.2, 0.25) is 0 Å². The third kappa shape index (κ3) is 4.65. The Morgan fingerprint density at radius 1 is 1.15 bits per heavy atom. The number of nitrogens with zero attached hydrogens (tertiary/aromatic N) is 1. The predicted octanol–water partition coefficient (Wildman–Crippen LogP) is 2.61. The molecule has 6 nitrogen and oxygen atoms in total. The molecule has 0 saturated carbocycles. The molecule has 2 aromatic carbocycles. The SMILES string of the molecule is Cl.NCC1CCCN1S(=O)(=O)c1ccc(NC(=O)c2ccc(F)cc2)cc1. The maximum absolute atomic E-state index is 12.9. The Hall–Kier alpha value is -2.00. The summed E-state index contributed by atoms with van der Waals surface area (Å²) in [7, 11) is -3.60. The highest BCUT2D eigenvalue weighted by molar-refractivity contribution is 7.89. The lowest BCUT2D eigenvalue weighted by molar-refractivity contribution is 0.102. The molecule has 0 aliphatic carbocycles. The van der Waals surface area contributed by atoms with Gasteiger partial charge in [-0.2, -0.15) is 4.31 Å². The van der Waals surface area contributed by atoms with E-state index in [9.17, 15) is 17.6 Å². The van der Waals surface area contributed by atoms with Crippen LogP contribution < -0.4 is 11.1 Å². The predicted molar refractivity (Wildman–Crippen MR) is 104 cm³/mol. The molecule has 1 unspecified atom stereocenters. The molecule has 0 bridgehead atoms. The molecule has 0 spiro atoms. The maximum atomic E-state index is 12.9. The van der Waals surface area contributed by atoms with Gasteiger partial charge >= 0.3 is 0 Å². The van der Waals surface area contributed by atoms with Crippen molar-refractivity contribution in [3.8, 4) is 0 Å². The van der Waals surface area contributed by atoms with E-state index in [1.165, 1.54) is 52.8 Å². The van der Waals surface area contributed by atoms with Gasteiger partial charge in [0, 0.05) is 30.4 Å². The van der Waals surface area contributed by atoms with E-state index in [1.54, 1.807) is 0 Å². The van der Waals surface area contributed by atoms with Crippen molar-refractivity contribution in [2.45, 2.75) is 23.8 Å². The summed E-state index contributed by atoms with van der Waals surface area (Å²) in [4.78, 5) is 12.3. The number of anilines is 1. The number of rotatable bonds is 5. The monoisotopic (exact) mass is 413 g/mol. The van der Waals surface area contributed by atoms with Gasteiger partial charge in [-0.05, 0) is 61.4 Å². The van der Waals surface area contributed by atoms with Crippen LogP contribution in [0.4, 0.5) is 10.1 Å². The van der Waals surface area contributed by atoms with Crippen LogP contribution in [-0.4, -0.2) is 37.8 Å². The number of hydrogen-bond donors (Lipinski definition) is 2.